The molecule has 0 bridgehead atoms. The summed E-state index contributed by atoms with van der Waals surface area (Å²) in [5.74, 6) is 2.43. The summed E-state index contributed by atoms with van der Waals surface area (Å²) < 4.78 is 18.6. The third-order valence-electron chi connectivity index (χ3n) is 2.99. The van der Waals surface area contributed by atoms with E-state index in [0.717, 1.165) is 0 Å². The Labute approximate surface area is 129 Å². The molecule has 6 nitrogen and oxygen atoms in total. The number of nitrogens with zero attached hydrogens (tertiary/aromatic N) is 3. The van der Waals surface area contributed by atoms with Crippen molar-refractivity contribution in [1.82, 2.24) is 14.8 Å². The Hall–Kier alpha value is -2.28. The van der Waals surface area contributed by atoms with Crippen LogP contribution in [0.5, 0.6) is 11.5 Å². The average Bonchev–Trinajstić information content (AvgIpc) is 3.15. The van der Waals surface area contributed by atoms with Crippen molar-refractivity contribution in [2.24, 2.45) is 0 Å². The molecular formula is C14H12BrN3O3. The minimum absolute atomic E-state index is 0.525. The molecule has 0 N–H and O–H groups in total. The van der Waals surface area contributed by atoms with Crippen molar-refractivity contribution < 1.29 is 13.9 Å². The molecule has 0 aliphatic heterocycles. The molecule has 0 fully saturated rings. The van der Waals surface area contributed by atoms with Crippen molar-refractivity contribution in [3.8, 4) is 28.8 Å². The second-order valence-corrected chi connectivity index (χ2v) is 4.83. The number of hydrogen-bond donors (Lipinski definition) is 0. The molecule has 0 amide bonds. The fourth-order valence-corrected chi connectivity index (χ4v) is 2.51. The van der Waals surface area contributed by atoms with E-state index >= 15 is 0 Å². The van der Waals surface area contributed by atoms with Crippen molar-refractivity contribution in [3.63, 3.8) is 0 Å². The molecule has 0 saturated heterocycles. The molecule has 1 aromatic carbocycles. The van der Waals surface area contributed by atoms with E-state index in [-0.39, 0.29) is 0 Å². The molecule has 2 heterocycles. The van der Waals surface area contributed by atoms with Gasteiger partial charge in [0, 0.05) is 0 Å². The number of halogens is 1. The lowest BCUT2D eigenvalue weighted by Crippen LogP contribution is -2.03. The van der Waals surface area contributed by atoms with E-state index in [1.807, 2.05) is 24.3 Å². The van der Waals surface area contributed by atoms with Gasteiger partial charge in [-0.25, -0.2) is 0 Å². The van der Waals surface area contributed by atoms with Crippen LogP contribution < -0.4 is 9.47 Å². The SMILES string of the molecule is COc1cccc(OC)c1-n1c(Br)nnc1-c1ccco1. The highest BCUT2D eigenvalue weighted by Crippen LogP contribution is 2.37. The summed E-state index contributed by atoms with van der Waals surface area (Å²) in [6, 6.07) is 9.15. The molecular weight excluding hydrogens is 338 g/mol. The minimum atomic E-state index is 0.525. The van der Waals surface area contributed by atoms with Crippen LogP contribution in [0.15, 0.2) is 45.7 Å². The third-order valence-corrected chi connectivity index (χ3v) is 3.50. The molecule has 0 unspecified atom stereocenters. The van der Waals surface area contributed by atoms with Crippen LogP contribution in [0.1, 0.15) is 0 Å². The van der Waals surface area contributed by atoms with Gasteiger partial charge in [0.05, 0.1) is 20.5 Å². The summed E-state index contributed by atoms with van der Waals surface area (Å²) in [4.78, 5) is 0. The molecule has 0 atom stereocenters. The number of para-hydroxylation sites is 1. The van der Waals surface area contributed by atoms with E-state index in [1.165, 1.54) is 0 Å². The number of aromatic nitrogens is 3. The predicted molar refractivity (Wildman–Crippen MR) is 79.9 cm³/mol. The van der Waals surface area contributed by atoms with Gasteiger partial charge in [0.25, 0.3) is 0 Å². The zero-order valence-corrected chi connectivity index (χ0v) is 13.0. The van der Waals surface area contributed by atoms with Gasteiger partial charge in [-0.3, -0.25) is 4.57 Å². The van der Waals surface area contributed by atoms with Crippen molar-refractivity contribution in [2.45, 2.75) is 0 Å². The first-order valence-electron chi connectivity index (χ1n) is 6.12. The Kier molecular flexibility index (Phi) is 3.66. The van der Waals surface area contributed by atoms with Gasteiger partial charge in [0.15, 0.2) is 5.76 Å². The van der Waals surface area contributed by atoms with Gasteiger partial charge < -0.3 is 13.9 Å². The van der Waals surface area contributed by atoms with Crippen molar-refractivity contribution >= 4 is 15.9 Å². The second kappa shape index (κ2) is 5.61. The maximum absolute atomic E-state index is 5.43. The van der Waals surface area contributed by atoms with Crippen LogP contribution >= 0.6 is 15.9 Å². The van der Waals surface area contributed by atoms with Gasteiger partial charge in [-0.05, 0) is 40.2 Å². The topological polar surface area (TPSA) is 62.3 Å². The number of methoxy groups -OCH3 is 2. The highest BCUT2D eigenvalue weighted by atomic mass is 79.9. The molecule has 7 heteroatoms. The molecule has 0 radical (unpaired) electrons. The van der Waals surface area contributed by atoms with Crippen LogP contribution in [0.25, 0.3) is 17.3 Å². The molecule has 3 rings (SSSR count). The molecule has 0 aliphatic carbocycles. The van der Waals surface area contributed by atoms with Gasteiger partial charge in [-0.2, -0.15) is 0 Å². The fourth-order valence-electron chi connectivity index (χ4n) is 2.08. The summed E-state index contributed by atoms with van der Waals surface area (Å²) in [5, 5.41) is 8.20. The number of ether oxygens (including phenoxy) is 2. The van der Waals surface area contributed by atoms with E-state index in [0.29, 0.717) is 33.5 Å². The number of benzene rings is 1. The van der Waals surface area contributed by atoms with Crippen LogP contribution in [0, 0.1) is 0 Å². The lowest BCUT2D eigenvalue weighted by atomic mass is 10.2. The summed E-state index contributed by atoms with van der Waals surface area (Å²) in [6.45, 7) is 0. The molecule has 108 valence electrons. The number of furan rings is 1. The smallest absolute Gasteiger partial charge is 0.205 e. The maximum atomic E-state index is 5.43. The Morgan fingerprint density at radius 2 is 1.76 bits per heavy atom. The van der Waals surface area contributed by atoms with Gasteiger partial charge >= 0.3 is 0 Å². The van der Waals surface area contributed by atoms with Gasteiger partial charge in [-0.15, -0.1) is 10.2 Å². The van der Waals surface area contributed by atoms with Crippen LogP contribution in [-0.2, 0) is 0 Å². The largest absolute Gasteiger partial charge is 0.494 e. The zero-order chi connectivity index (χ0) is 14.8. The number of hydrogen-bond acceptors (Lipinski definition) is 5. The lowest BCUT2D eigenvalue weighted by molar-refractivity contribution is 0.390. The summed E-state index contributed by atoms with van der Waals surface area (Å²) in [6.07, 6.45) is 1.59. The predicted octanol–water partition coefficient (Wildman–Crippen LogP) is 3.31. The molecule has 0 aliphatic rings. The van der Waals surface area contributed by atoms with Crippen molar-refractivity contribution in [1.29, 1.82) is 0 Å². The minimum Gasteiger partial charge on any atom is -0.494 e. The van der Waals surface area contributed by atoms with Crippen LogP contribution in [0.3, 0.4) is 0 Å². The first kappa shape index (κ1) is 13.7. The van der Waals surface area contributed by atoms with Gasteiger partial charge in [-0.1, -0.05) is 6.07 Å². The summed E-state index contributed by atoms with van der Waals surface area (Å²) >= 11 is 3.40. The second-order valence-electron chi connectivity index (χ2n) is 4.12. The Morgan fingerprint density at radius 1 is 1.05 bits per heavy atom. The van der Waals surface area contributed by atoms with E-state index < -0.39 is 0 Å². The average molecular weight is 350 g/mol. The number of rotatable bonds is 4. The van der Waals surface area contributed by atoms with E-state index in [4.69, 9.17) is 13.9 Å². The standard InChI is InChI=1S/C14H12BrN3O3/c1-19-9-5-3-6-10(20-2)12(9)18-13(16-17-14(18)15)11-7-4-8-21-11/h3-8H,1-2H3. The highest BCUT2D eigenvalue weighted by Gasteiger charge is 2.22. The first-order valence-corrected chi connectivity index (χ1v) is 6.91. The molecule has 3 aromatic rings. The zero-order valence-electron chi connectivity index (χ0n) is 11.4. The van der Waals surface area contributed by atoms with Crippen molar-refractivity contribution in [2.75, 3.05) is 14.2 Å². The van der Waals surface area contributed by atoms with Crippen molar-refractivity contribution in [3.05, 3.63) is 41.3 Å². The summed E-state index contributed by atoms with van der Waals surface area (Å²) in [5.41, 5.74) is 0.700. The first-order chi connectivity index (χ1) is 10.3. The van der Waals surface area contributed by atoms with Crippen LogP contribution in [0.4, 0.5) is 0 Å². The Morgan fingerprint density at radius 3 is 2.33 bits per heavy atom. The van der Waals surface area contributed by atoms with Crippen LogP contribution in [0.2, 0.25) is 0 Å². The Balaban J connectivity index is 2.29. The van der Waals surface area contributed by atoms with Crippen LogP contribution in [-0.4, -0.2) is 29.0 Å². The molecule has 2 aromatic heterocycles. The highest BCUT2D eigenvalue weighted by molar-refractivity contribution is 9.10. The van der Waals surface area contributed by atoms with E-state index in [1.54, 1.807) is 31.1 Å². The third kappa shape index (κ3) is 2.29. The van der Waals surface area contributed by atoms with Gasteiger partial charge in [0.1, 0.15) is 17.2 Å². The monoisotopic (exact) mass is 349 g/mol. The Bertz CT molecular complexity index is 731. The molecule has 0 saturated carbocycles. The summed E-state index contributed by atoms with van der Waals surface area (Å²) in [7, 11) is 3.20. The quantitative estimate of drug-likeness (QED) is 0.723. The normalized spacial score (nSPS) is 10.6. The molecule has 21 heavy (non-hydrogen) atoms. The van der Waals surface area contributed by atoms with E-state index in [2.05, 4.69) is 26.1 Å². The fraction of sp³-hybridized carbons (Fsp3) is 0.143. The lowest BCUT2D eigenvalue weighted by Gasteiger charge is -2.15. The van der Waals surface area contributed by atoms with E-state index in [9.17, 15) is 0 Å². The molecule has 0 spiro atoms. The van der Waals surface area contributed by atoms with Gasteiger partial charge in [0.2, 0.25) is 10.6 Å². The maximum Gasteiger partial charge on any atom is 0.205 e.